The first-order chi connectivity index (χ1) is 9.69. The summed E-state index contributed by atoms with van der Waals surface area (Å²) in [5.74, 6) is 0. The highest BCUT2D eigenvalue weighted by atomic mass is 16.5. The molecule has 3 heteroatoms. The van der Waals surface area contributed by atoms with Gasteiger partial charge in [0.15, 0.2) is 0 Å². The zero-order valence-electron chi connectivity index (χ0n) is 13.0. The van der Waals surface area contributed by atoms with Crippen LogP contribution in [0.25, 0.3) is 0 Å². The summed E-state index contributed by atoms with van der Waals surface area (Å²) < 4.78 is 5.33. The normalized spacial score (nSPS) is 24.2. The van der Waals surface area contributed by atoms with Gasteiger partial charge in [-0.3, -0.25) is 4.90 Å². The molecule has 0 saturated heterocycles. The van der Waals surface area contributed by atoms with Crippen LogP contribution in [-0.4, -0.2) is 37.2 Å². The number of nitrogens with two attached hydrogens (primary N) is 1. The van der Waals surface area contributed by atoms with Gasteiger partial charge >= 0.3 is 0 Å². The minimum atomic E-state index is 0.105. The highest BCUT2D eigenvalue weighted by Crippen LogP contribution is 2.31. The predicted molar refractivity (Wildman–Crippen MR) is 83.8 cm³/mol. The molecule has 3 atom stereocenters. The lowest BCUT2D eigenvalue weighted by molar-refractivity contribution is 0.0607. The van der Waals surface area contributed by atoms with Gasteiger partial charge in [-0.15, -0.1) is 0 Å². The molecule has 0 spiro atoms. The standard InChI is InChI=1S/C17H28N2O/c1-4-19(13(2)12-20-3)16-11-7-9-14-8-5-6-10-15(14)17(16)18/h5-6,8,10,13,16-17H,4,7,9,11-12,18H2,1-3H3. The minimum absolute atomic E-state index is 0.105. The van der Waals surface area contributed by atoms with Gasteiger partial charge in [0.25, 0.3) is 0 Å². The zero-order chi connectivity index (χ0) is 14.5. The molecule has 1 aliphatic carbocycles. The number of rotatable bonds is 5. The number of hydrogen-bond donors (Lipinski definition) is 1. The van der Waals surface area contributed by atoms with Crippen LogP contribution in [0.15, 0.2) is 24.3 Å². The van der Waals surface area contributed by atoms with Gasteiger partial charge in [0.05, 0.1) is 6.61 Å². The molecule has 0 saturated carbocycles. The molecule has 2 N–H and O–H groups in total. The van der Waals surface area contributed by atoms with Crippen LogP contribution in [0, 0.1) is 0 Å². The SMILES string of the molecule is CCN(C(C)COC)C1CCCc2ccccc2C1N. The largest absolute Gasteiger partial charge is 0.383 e. The number of nitrogens with zero attached hydrogens (tertiary/aromatic N) is 1. The molecular formula is C17H28N2O. The van der Waals surface area contributed by atoms with Crippen LogP contribution in [0.3, 0.4) is 0 Å². The molecule has 0 aliphatic heterocycles. The van der Waals surface area contributed by atoms with Crippen molar-refractivity contribution in [1.82, 2.24) is 4.90 Å². The van der Waals surface area contributed by atoms with Gasteiger partial charge < -0.3 is 10.5 Å². The van der Waals surface area contributed by atoms with E-state index in [0.717, 1.165) is 26.0 Å². The smallest absolute Gasteiger partial charge is 0.0615 e. The summed E-state index contributed by atoms with van der Waals surface area (Å²) in [6.45, 7) is 6.23. The fraction of sp³-hybridized carbons (Fsp3) is 0.647. The second kappa shape index (κ2) is 7.21. The number of methoxy groups -OCH3 is 1. The first kappa shape index (κ1) is 15.5. The number of aryl methyl sites for hydroxylation is 1. The van der Waals surface area contributed by atoms with Gasteiger partial charge in [-0.05, 0) is 43.9 Å². The number of ether oxygens (including phenoxy) is 1. The fourth-order valence-corrected chi connectivity index (χ4v) is 3.56. The average molecular weight is 276 g/mol. The molecule has 0 heterocycles. The number of likely N-dealkylation sites (N-methyl/N-ethyl adjacent to an activating group) is 1. The Morgan fingerprint density at radius 2 is 2.15 bits per heavy atom. The van der Waals surface area contributed by atoms with Crippen molar-refractivity contribution in [2.45, 2.75) is 51.2 Å². The quantitative estimate of drug-likeness (QED) is 0.840. The molecular weight excluding hydrogens is 248 g/mol. The van der Waals surface area contributed by atoms with Crippen LogP contribution >= 0.6 is 0 Å². The second-order valence-corrected chi connectivity index (χ2v) is 5.82. The molecule has 1 aromatic carbocycles. The third kappa shape index (κ3) is 3.22. The third-order valence-electron chi connectivity index (χ3n) is 4.54. The fourth-order valence-electron chi connectivity index (χ4n) is 3.56. The lowest BCUT2D eigenvalue weighted by Gasteiger charge is -2.38. The van der Waals surface area contributed by atoms with Crippen molar-refractivity contribution < 1.29 is 4.74 Å². The Bertz CT molecular complexity index is 421. The topological polar surface area (TPSA) is 38.5 Å². The molecule has 0 bridgehead atoms. The first-order valence-electron chi connectivity index (χ1n) is 7.77. The summed E-state index contributed by atoms with van der Waals surface area (Å²) >= 11 is 0. The van der Waals surface area contributed by atoms with Crippen molar-refractivity contribution >= 4 is 0 Å². The van der Waals surface area contributed by atoms with Gasteiger partial charge in [0.1, 0.15) is 0 Å². The van der Waals surface area contributed by atoms with E-state index >= 15 is 0 Å². The van der Waals surface area contributed by atoms with Crippen molar-refractivity contribution in [2.24, 2.45) is 5.73 Å². The van der Waals surface area contributed by atoms with Crippen LogP contribution in [0.1, 0.15) is 43.9 Å². The number of benzene rings is 1. The molecule has 0 fully saturated rings. The Morgan fingerprint density at radius 3 is 2.85 bits per heavy atom. The van der Waals surface area contributed by atoms with Crippen molar-refractivity contribution in [3.05, 3.63) is 35.4 Å². The summed E-state index contributed by atoms with van der Waals surface area (Å²) in [6.07, 6.45) is 3.53. The highest BCUT2D eigenvalue weighted by molar-refractivity contribution is 5.32. The van der Waals surface area contributed by atoms with Crippen molar-refractivity contribution in [2.75, 3.05) is 20.3 Å². The molecule has 3 nitrogen and oxygen atoms in total. The maximum Gasteiger partial charge on any atom is 0.0615 e. The molecule has 3 unspecified atom stereocenters. The van der Waals surface area contributed by atoms with E-state index in [-0.39, 0.29) is 6.04 Å². The Hall–Kier alpha value is -0.900. The monoisotopic (exact) mass is 276 g/mol. The maximum absolute atomic E-state index is 6.62. The van der Waals surface area contributed by atoms with Crippen LogP contribution in [0.2, 0.25) is 0 Å². The maximum atomic E-state index is 6.62. The van der Waals surface area contributed by atoms with E-state index in [1.165, 1.54) is 17.5 Å². The summed E-state index contributed by atoms with van der Waals surface area (Å²) in [7, 11) is 1.77. The Morgan fingerprint density at radius 1 is 1.40 bits per heavy atom. The van der Waals surface area contributed by atoms with Crippen molar-refractivity contribution in [3.8, 4) is 0 Å². The number of fused-ring (bicyclic) bond motifs is 1. The molecule has 0 radical (unpaired) electrons. The Kier molecular flexibility index (Phi) is 5.58. The Labute approximate surface area is 123 Å². The van der Waals surface area contributed by atoms with Gasteiger partial charge in [0.2, 0.25) is 0 Å². The molecule has 0 amide bonds. The molecule has 20 heavy (non-hydrogen) atoms. The van der Waals surface area contributed by atoms with E-state index in [2.05, 4.69) is 43.0 Å². The van der Waals surface area contributed by atoms with Crippen molar-refractivity contribution in [1.29, 1.82) is 0 Å². The van der Waals surface area contributed by atoms with Crippen LogP contribution in [-0.2, 0) is 11.2 Å². The molecule has 2 rings (SSSR count). The van der Waals surface area contributed by atoms with E-state index in [1.54, 1.807) is 7.11 Å². The van der Waals surface area contributed by atoms with Crippen LogP contribution in [0.5, 0.6) is 0 Å². The Balaban J connectivity index is 2.23. The lowest BCUT2D eigenvalue weighted by Crippen LogP contribution is -2.48. The minimum Gasteiger partial charge on any atom is -0.383 e. The molecule has 112 valence electrons. The van der Waals surface area contributed by atoms with E-state index in [0.29, 0.717) is 12.1 Å². The average Bonchev–Trinajstić information content (AvgIpc) is 2.61. The second-order valence-electron chi connectivity index (χ2n) is 5.82. The van der Waals surface area contributed by atoms with E-state index in [9.17, 15) is 0 Å². The summed E-state index contributed by atoms with van der Waals surface area (Å²) in [5, 5.41) is 0. The summed E-state index contributed by atoms with van der Waals surface area (Å²) in [5.41, 5.74) is 9.38. The summed E-state index contributed by atoms with van der Waals surface area (Å²) in [4.78, 5) is 2.51. The highest BCUT2D eigenvalue weighted by Gasteiger charge is 2.31. The third-order valence-corrected chi connectivity index (χ3v) is 4.54. The number of hydrogen-bond acceptors (Lipinski definition) is 3. The molecule has 1 aliphatic rings. The van der Waals surface area contributed by atoms with Gasteiger partial charge in [-0.25, -0.2) is 0 Å². The van der Waals surface area contributed by atoms with Crippen LogP contribution < -0.4 is 5.73 Å². The van der Waals surface area contributed by atoms with Gasteiger partial charge in [0, 0.05) is 25.2 Å². The van der Waals surface area contributed by atoms with E-state index in [4.69, 9.17) is 10.5 Å². The van der Waals surface area contributed by atoms with Crippen molar-refractivity contribution in [3.63, 3.8) is 0 Å². The first-order valence-corrected chi connectivity index (χ1v) is 7.77. The lowest BCUT2D eigenvalue weighted by atomic mass is 9.95. The molecule has 1 aromatic rings. The zero-order valence-corrected chi connectivity index (χ0v) is 13.0. The van der Waals surface area contributed by atoms with Crippen LogP contribution in [0.4, 0.5) is 0 Å². The van der Waals surface area contributed by atoms with E-state index in [1.807, 2.05) is 0 Å². The van der Waals surface area contributed by atoms with Gasteiger partial charge in [-0.1, -0.05) is 31.2 Å². The predicted octanol–water partition coefficient (Wildman–Crippen LogP) is 2.75. The summed E-state index contributed by atoms with van der Waals surface area (Å²) in [6, 6.07) is 9.58. The van der Waals surface area contributed by atoms with Gasteiger partial charge in [-0.2, -0.15) is 0 Å². The molecule has 0 aromatic heterocycles. The van der Waals surface area contributed by atoms with E-state index < -0.39 is 0 Å².